The van der Waals surface area contributed by atoms with E-state index in [2.05, 4.69) is 31.2 Å². The lowest BCUT2D eigenvalue weighted by molar-refractivity contribution is -0.116. The Labute approximate surface area is 183 Å². The van der Waals surface area contributed by atoms with Crippen LogP contribution >= 0.6 is 15.9 Å². The maximum Gasteiger partial charge on any atom is 0.243 e. The van der Waals surface area contributed by atoms with Crippen molar-refractivity contribution in [2.24, 2.45) is 0 Å². The van der Waals surface area contributed by atoms with E-state index in [0.717, 1.165) is 14.3 Å². The summed E-state index contributed by atoms with van der Waals surface area (Å²) in [6, 6.07) is 13.2. The molecule has 0 aliphatic heterocycles. The molecule has 1 amide bonds. The number of nitrogens with zero attached hydrogens (tertiary/aromatic N) is 3. The van der Waals surface area contributed by atoms with Gasteiger partial charge in [0.25, 0.3) is 0 Å². The first-order valence-electron chi connectivity index (χ1n) is 8.85. The highest BCUT2D eigenvalue weighted by Gasteiger charge is 2.23. The molecule has 2 heterocycles. The first-order valence-corrected chi connectivity index (χ1v) is 11.1. The van der Waals surface area contributed by atoms with Gasteiger partial charge in [-0.25, -0.2) is 13.4 Å². The monoisotopic (exact) mass is 490 g/mol. The summed E-state index contributed by atoms with van der Waals surface area (Å²) in [5.74, 6) is 0.0534. The fourth-order valence-electron chi connectivity index (χ4n) is 2.49. The number of rotatable bonds is 8. The quantitative estimate of drug-likeness (QED) is 0.520. The van der Waals surface area contributed by atoms with Gasteiger partial charge in [0.15, 0.2) is 11.6 Å². The standard InChI is InChI=1S/C20H19BrN4O4S/c1-25(30(27,28)17-6-4-16(21)5-7-17)13-19(26)24-20-18(3-2-10-23-20)29-14-15-8-11-22-12-9-15/h2-12H,13-14H2,1H3,(H,23,24,26). The second kappa shape index (κ2) is 9.79. The summed E-state index contributed by atoms with van der Waals surface area (Å²) in [5, 5.41) is 2.61. The smallest absolute Gasteiger partial charge is 0.243 e. The zero-order valence-electron chi connectivity index (χ0n) is 16.0. The number of amides is 1. The van der Waals surface area contributed by atoms with Crippen molar-refractivity contribution in [1.29, 1.82) is 0 Å². The van der Waals surface area contributed by atoms with Crippen LogP contribution in [0.25, 0.3) is 0 Å². The van der Waals surface area contributed by atoms with E-state index < -0.39 is 15.9 Å². The van der Waals surface area contributed by atoms with Crippen LogP contribution in [-0.4, -0.2) is 42.2 Å². The van der Waals surface area contributed by atoms with Crippen LogP contribution in [0.2, 0.25) is 0 Å². The highest BCUT2D eigenvalue weighted by molar-refractivity contribution is 9.10. The van der Waals surface area contributed by atoms with Crippen LogP contribution in [-0.2, 0) is 21.4 Å². The van der Waals surface area contributed by atoms with Gasteiger partial charge in [-0.2, -0.15) is 4.31 Å². The number of sulfonamides is 1. The Morgan fingerprint density at radius 2 is 1.80 bits per heavy atom. The Kier molecular flexibility index (Phi) is 7.14. The number of anilines is 1. The lowest BCUT2D eigenvalue weighted by Gasteiger charge is -2.17. The molecule has 0 atom stereocenters. The Morgan fingerprint density at radius 1 is 1.10 bits per heavy atom. The Balaban J connectivity index is 1.65. The number of benzene rings is 1. The van der Waals surface area contributed by atoms with Gasteiger partial charge in [0, 0.05) is 30.1 Å². The number of hydrogen-bond acceptors (Lipinski definition) is 6. The molecule has 0 aliphatic carbocycles. The second-order valence-electron chi connectivity index (χ2n) is 6.26. The lowest BCUT2D eigenvalue weighted by atomic mass is 10.3. The van der Waals surface area contributed by atoms with Crippen molar-refractivity contribution in [3.8, 4) is 5.75 Å². The molecule has 0 radical (unpaired) electrons. The van der Waals surface area contributed by atoms with E-state index in [0.29, 0.717) is 5.75 Å². The van der Waals surface area contributed by atoms with Crippen molar-refractivity contribution in [3.05, 3.63) is 77.2 Å². The van der Waals surface area contributed by atoms with Gasteiger partial charge in [-0.1, -0.05) is 15.9 Å². The van der Waals surface area contributed by atoms with Crippen LogP contribution in [0, 0.1) is 0 Å². The van der Waals surface area contributed by atoms with Gasteiger partial charge in [-0.15, -0.1) is 0 Å². The van der Waals surface area contributed by atoms with Gasteiger partial charge < -0.3 is 10.1 Å². The van der Waals surface area contributed by atoms with E-state index in [4.69, 9.17) is 4.74 Å². The first-order chi connectivity index (χ1) is 14.4. The highest BCUT2D eigenvalue weighted by atomic mass is 79.9. The highest BCUT2D eigenvalue weighted by Crippen LogP contribution is 2.22. The molecule has 156 valence electrons. The molecule has 30 heavy (non-hydrogen) atoms. The summed E-state index contributed by atoms with van der Waals surface area (Å²) in [5.41, 5.74) is 0.909. The first kappa shape index (κ1) is 21.9. The van der Waals surface area contributed by atoms with E-state index in [9.17, 15) is 13.2 Å². The van der Waals surface area contributed by atoms with Gasteiger partial charge in [-0.05, 0) is 54.1 Å². The number of aromatic nitrogens is 2. The van der Waals surface area contributed by atoms with Crippen molar-refractivity contribution in [2.75, 3.05) is 18.9 Å². The third kappa shape index (κ3) is 5.62. The van der Waals surface area contributed by atoms with Crippen LogP contribution < -0.4 is 10.1 Å². The van der Waals surface area contributed by atoms with E-state index in [-0.39, 0.29) is 23.9 Å². The fraction of sp³-hybridized carbons (Fsp3) is 0.150. The van der Waals surface area contributed by atoms with Crippen LogP contribution in [0.15, 0.2) is 76.5 Å². The minimum absolute atomic E-state index is 0.0974. The third-order valence-electron chi connectivity index (χ3n) is 4.06. The predicted molar refractivity (Wildman–Crippen MR) is 115 cm³/mol. The average molecular weight is 491 g/mol. The molecule has 0 spiro atoms. The van der Waals surface area contributed by atoms with Crippen molar-refractivity contribution >= 4 is 37.7 Å². The second-order valence-corrected chi connectivity index (χ2v) is 9.22. The van der Waals surface area contributed by atoms with E-state index in [1.807, 2.05) is 12.1 Å². The Hall–Kier alpha value is -2.82. The van der Waals surface area contributed by atoms with Crippen LogP contribution in [0.4, 0.5) is 5.82 Å². The zero-order chi connectivity index (χ0) is 21.6. The summed E-state index contributed by atoms with van der Waals surface area (Å²) in [6.07, 6.45) is 4.83. The molecule has 3 rings (SSSR count). The Bertz CT molecular complexity index is 1110. The van der Waals surface area contributed by atoms with Crippen LogP contribution in [0.5, 0.6) is 5.75 Å². The number of nitrogens with one attached hydrogen (secondary N) is 1. The number of pyridine rings is 2. The van der Waals surface area contributed by atoms with Gasteiger partial charge in [0.1, 0.15) is 6.61 Å². The molecule has 0 aliphatic rings. The SMILES string of the molecule is CN(CC(=O)Nc1ncccc1OCc1ccncc1)S(=O)(=O)c1ccc(Br)cc1. The number of carbonyl (C=O) groups excluding carboxylic acids is 1. The Morgan fingerprint density at radius 3 is 2.50 bits per heavy atom. The lowest BCUT2D eigenvalue weighted by Crippen LogP contribution is -2.35. The van der Waals surface area contributed by atoms with Crippen molar-refractivity contribution < 1.29 is 17.9 Å². The normalized spacial score (nSPS) is 11.3. The molecular formula is C20H19BrN4O4S. The molecule has 8 nitrogen and oxygen atoms in total. The molecule has 1 N–H and O–H groups in total. The topological polar surface area (TPSA) is 101 Å². The largest absolute Gasteiger partial charge is 0.485 e. The van der Waals surface area contributed by atoms with E-state index in [1.54, 1.807) is 36.7 Å². The number of likely N-dealkylation sites (N-methyl/N-ethyl adjacent to an activating group) is 1. The molecule has 0 saturated heterocycles. The summed E-state index contributed by atoms with van der Waals surface area (Å²) in [4.78, 5) is 20.6. The number of carbonyl (C=O) groups is 1. The molecule has 0 fully saturated rings. The van der Waals surface area contributed by atoms with Crippen molar-refractivity contribution in [2.45, 2.75) is 11.5 Å². The third-order valence-corrected chi connectivity index (χ3v) is 6.41. The minimum atomic E-state index is -3.81. The van der Waals surface area contributed by atoms with Crippen molar-refractivity contribution in [1.82, 2.24) is 14.3 Å². The molecule has 10 heteroatoms. The van der Waals surface area contributed by atoms with Crippen molar-refractivity contribution in [3.63, 3.8) is 0 Å². The van der Waals surface area contributed by atoms with Gasteiger partial charge in [-0.3, -0.25) is 9.78 Å². The number of ether oxygens (including phenoxy) is 1. The zero-order valence-corrected chi connectivity index (χ0v) is 18.4. The maximum absolute atomic E-state index is 12.6. The molecule has 0 saturated carbocycles. The van der Waals surface area contributed by atoms with Crippen LogP contribution in [0.3, 0.4) is 0 Å². The summed E-state index contributed by atoms with van der Waals surface area (Å²) >= 11 is 3.27. The molecule has 0 bridgehead atoms. The summed E-state index contributed by atoms with van der Waals surface area (Å²) < 4.78 is 32.8. The summed E-state index contributed by atoms with van der Waals surface area (Å²) in [7, 11) is -2.46. The molecule has 0 unspecified atom stereocenters. The molecule has 3 aromatic rings. The predicted octanol–water partition coefficient (Wildman–Crippen LogP) is 3.08. The maximum atomic E-state index is 12.6. The fourth-order valence-corrected chi connectivity index (χ4v) is 3.88. The minimum Gasteiger partial charge on any atom is -0.485 e. The van der Waals surface area contributed by atoms with Gasteiger partial charge in [0.05, 0.1) is 11.4 Å². The summed E-state index contributed by atoms with van der Waals surface area (Å²) in [6.45, 7) is -0.103. The number of halogens is 1. The van der Waals surface area contributed by atoms with Gasteiger partial charge >= 0.3 is 0 Å². The number of hydrogen-bond donors (Lipinski definition) is 1. The van der Waals surface area contributed by atoms with E-state index in [1.165, 1.54) is 25.4 Å². The van der Waals surface area contributed by atoms with Gasteiger partial charge in [0.2, 0.25) is 15.9 Å². The molecular weight excluding hydrogens is 472 g/mol. The van der Waals surface area contributed by atoms with Crippen LogP contribution in [0.1, 0.15) is 5.56 Å². The average Bonchev–Trinajstić information content (AvgIpc) is 2.74. The molecule has 2 aromatic heterocycles. The van der Waals surface area contributed by atoms with E-state index >= 15 is 0 Å². The molecule has 1 aromatic carbocycles.